The van der Waals surface area contributed by atoms with E-state index >= 15 is 0 Å². The van der Waals surface area contributed by atoms with E-state index in [0.29, 0.717) is 23.4 Å². The van der Waals surface area contributed by atoms with Gasteiger partial charge in [0.2, 0.25) is 0 Å². The van der Waals surface area contributed by atoms with Gasteiger partial charge in [-0.15, -0.1) is 0 Å². The summed E-state index contributed by atoms with van der Waals surface area (Å²) in [6.07, 6.45) is 0. The lowest BCUT2D eigenvalue weighted by molar-refractivity contribution is 0.236. The number of fused-ring (bicyclic) bond motifs is 1. The number of hydrogen-bond donors (Lipinski definition) is 1. The van der Waals surface area contributed by atoms with Crippen LogP contribution in [0.4, 0.5) is 0 Å². The summed E-state index contributed by atoms with van der Waals surface area (Å²) in [7, 11) is 0. The van der Waals surface area contributed by atoms with E-state index in [4.69, 9.17) is 4.52 Å². The highest BCUT2D eigenvalue weighted by molar-refractivity contribution is 5.83. The first-order valence-electron chi connectivity index (χ1n) is 4.91. The van der Waals surface area contributed by atoms with Crippen molar-refractivity contribution in [2.45, 2.75) is 20.4 Å². The Kier molecular flexibility index (Phi) is 2.26. The fraction of sp³-hybridized carbons (Fsp3) is 0.364. The summed E-state index contributed by atoms with van der Waals surface area (Å²) < 4.78 is 6.51. The van der Waals surface area contributed by atoms with Gasteiger partial charge in [-0.25, -0.2) is 9.53 Å². The van der Waals surface area contributed by atoms with E-state index in [2.05, 4.69) is 0 Å². The predicted molar refractivity (Wildman–Crippen MR) is 57.0 cm³/mol. The van der Waals surface area contributed by atoms with Crippen molar-refractivity contribution < 1.29 is 9.63 Å². The number of phenolic OH excluding ortho intramolecular Hbond substituents is 1. The van der Waals surface area contributed by atoms with Gasteiger partial charge in [0.15, 0.2) is 0 Å². The van der Waals surface area contributed by atoms with Gasteiger partial charge >= 0.3 is 5.63 Å². The molecular weight excluding hydrogens is 194 g/mol. The number of para-hydroxylation sites is 1. The molecule has 0 unspecified atom stereocenters. The van der Waals surface area contributed by atoms with Crippen molar-refractivity contribution in [3.63, 3.8) is 0 Å². The first-order valence-corrected chi connectivity index (χ1v) is 4.91. The third-order valence-corrected chi connectivity index (χ3v) is 2.21. The zero-order valence-electron chi connectivity index (χ0n) is 8.73. The Balaban J connectivity index is 2.70. The Bertz CT molecular complexity index is 536. The van der Waals surface area contributed by atoms with Gasteiger partial charge in [-0.3, -0.25) is 0 Å². The number of aromatic hydroxyl groups is 1. The van der Waals surface area contributed by atoms with Gasteiger partial charge in [0.05, 0.1) is 11.9 Å². The summed E-state index contributed by atoms with van der Waals surface area (Å²) in [6, 6.07) is 4.83. The first kappa shape index (κ1) is 9.83. The van der Waals surface area contributed by atoms with Gasteiger partial charge in [-0.05, 0) is 18.1 Å². The smallest absolute Gasteiger partial charge is 0.365 e. The summed E-state index contributed by atoms with van der Waals surface area (Å²) in [6.45, 7) is 4.62. The average molecular weight is 207 g/mol. The molecule has 2 aromatic rings. The second-order valence-electron chi connectivity index (χ2n) is 4.01. The normalized spacial score (nSPS) is 11.4. The van der Waals surface area contributed by atoms with Crippen LogP contribution in [-0.4, -0.2) is 9.85 Å². The maximum Gasteiger partial charge on any atom is 0.365 e. The molecule has 0 saturated carbocycles. The number of phenols is 1. The highest BCUT2D eigenvalue weighted by Gasteiger charge is 2.13. The quantitative estimate of drug-likeness (QED) is 0.818. The molecule has 1 aromatic carbocycles. The molecule has 0 amide bonds. The second-order valence-corrected chi connectivity index (χ2v) is 4.01. The standard InChI is InChI=1S/C11H13NO3/c1-7(2)6-12-10-8(11(14)15-12)4-3-5-9(10)13/h3-5,7,13H,6H2,1-2H3. The maximum absolute atomic E-state index is 11.4. The molecule has 0 bridgehead atoms. The Hall–Kier alpha value is -1.71. The number of hydrogen-bond acceptors (Lipinski definition) is 3. The predicted octanol–water partition coefficient (Wildman–Crippen LogP) is 1.96. The molecule has 1 aromatic heterocycles. The van der Waals surface area contributed by atoms with Crippen LogP contribution in [0.1, 0.15) is 13.8 Å². The van der Waals surface area contributed by atoms with Crippen LogP contribution >= 0.6 is 0 Å². The molecule has 0 aliphatic rings. The Morgan fingerprint density at radius 3 is 2.87 bits per heavy atom. The van der Waals surface area contributed by atoms with Crippen LogP contribution in [0.25, 0.3) is 10.9 Å². The lowest BCUT2D eigenvalue weighted by Gasteiger charge is -2.05. The van der Waals surface area contributed by atoms with Crippen LogP contribution < -0.4 is 5.63 Å². The van der Waals surface area contributed by atoms with Crippen molar-refractivity contribution in [3.05, 3.63) is 28.6 Å². The van der Waals surface area contributed by atoms with E-state index in [1.54, 1.807) is 18.2 Å². The van der Waals surface area contributed by atoms with Gasteiger partial charge in [0.25, 0.3) is 0 Å². The fourth-order valence-electron chi connectivity index (χ4n) is 1.61. The van der Waals surface area contributed by atoms with Gasteiger partial charge in [-0.2, -0.15) is 0 Å². The molecule has 0 aliphatic carbocycles. The lowest BCUT2D eigenvalue weighted by atomic mass is 10.2. The van der Waals surface area contributed by atoms with Gasteiger partial charge in [0, 0.05) is 0 Å². The summed E-state index contributed by atoms with van der Waals surface area (Å²) in [5.74, 6) is 0.433. The zero-order valence-corrected chi connectivity index (χ0v) is 8.73. The van der Waals surface area contributed by atoms with E-state index in [9.17, 15) is 9.90 Å². The van der Waals surface area contributed by atoms with Crippen molar-refractivity contribution in [1.82, 2.24) is 4.74 Å². The third-order valence-electron chi connectivity index (χ3n) is 2.21. The van der Waals surface area contributed by atoms with Gasteiger partial charge in [-0.1, -0.05) is 19.9 Å². The third kappa shape index (κ3) is 1.63. The molecule has 1 N–H and O–H groups in total. The van der Waals surface area contributed by atoms with E-state index in [-0.39, 0.29) is 5.75 Å². The minimum atomic E-state index is -0.401. The molecule has 15 heavy (non-hydrogen) atoms. The largest absolute Gasteiger partial charge is 0.506 e. The highest BCUT2D eigenvalue weighted by Crippen LogP contribution is 2.23. The Labute approximate surface area is 86.7 Å². The molecule has 0 fully saturated rings. The molecule has 0 radical (unpaired) electrons. The van der Waals surface area contributed by atoms with Crippen LogP contribution in [0.2, 0.25) is 0 Å². The average Bonchev–Trinajstić information content (AvgIpc) is 2.44. The van der Waals surface area contributed by atoms with Crippen molar-refractivity contribution in [2.24, 2.45) is 5.92 Å². The highest BCUT2D eigenvalue weighted by atomic mass is 16.5. The van der Waals surface area contributed by atoms with Crippen LogP contribution in [0.5, 0.6) is 5.75 Å². The van der Waals surface area contributed by atoms with Crippen molar-refractivity contribution >= 4 is 10.9 Å². The molecule has 0 spiro atoms. The van der Waals surface area contributed by atoms with Crippen molar-refractivity contribution in [1.29, 1.82) is 0 Å². The number of benzene rings is 1. The SMILES string of the molecule is CC(C)Cn1oc(=O)c2cccc(O)c21. The summed E-state index contributed by atoms with van der Waals surface area (Å²) >= 11 is 0. The lowest BCUT2D eigenvalue weighted by Crippen LogP contribution is -2.03. The number of aromatic nitrogens is 1. The molecule has 0 saturated heterocycles. The summed E-state index contributed by atoms with van der Waals surface area (Å²) in [5, 5.41) is 10.1. The van der Waals surface area contributed by atoms with Crippen LogP contribution in [0.3, 0.4) is 0 Å². The van der Waals surface area contributed by atoms with E-state index in [1.165, 1.54) is 4.74 Å². The minimum Gasteiger partial charge on any atom is -0.506 e. The van der Waals surface area contributed by atoms with Crippen LogP contribution in [-0.2, 0) is 6.54 Å². The molecule has 1 heterocycles. The van der Waals surface area contributed by atoms with Crippen LogP contribution in [0.15, 0.2) is 27.5 Å². The second kappa shape index (κ2) is 3.46. The molecular formula is C11H13NO3. The maximum atomic E-state index is 11.4. The monoisotopic (exact) mass is 207 g/mol. The fourth-order valence-corrected chi connectivity index (χ4v) is 1.61. The zero-order chi connectivity index (χ0) is 11.0. The molecule has 4 nitrogen and oxygen atoms in total. The van der Waals surface area contributed by atoms with Crippen molar-refractivity contribution in [2.75, 3.05) is 0 Å². The summed E-state index contributed by atoms with van der Waals surface area (Å²) in [4.78, 5) is 11.4. The number of nitrogens with zero attached hydrogens (tertiary/aromatic N) is 1. The van der Waals surface area contributed by atoms with Gasteiger partial charge in [0.1, 0.15) is 11.3 Å². The molecule has 4 heteroatoms. The molecule has 2 rings (SSSR count). The summed E-state index contributed by atoms with van der Waals surface area (Å²) in [5.41, 5.74) is 0.0813. The Morgan fingerprint density at radius 2 is 2.20 bits per heavy atom. The number of rotatable bonds is 2. The minimum absolute atomic E-state index is 0.0824. The molecule has 80 valence electrons. The van der Waals surface area contributed by atoms with Gasteiger partial charge < -0.3 is 9.63 Å². The first-order chi connectivity index (χ1) is 7.09. The topological polar surface area (TPSA) is 55.4 Å². The Morgan fingerprint density at radius 1 is 1.47 bits per heavy atom. The van der Waals surface area contributed by atoms with Crippen LogP contribution in [0, 0.1) is 5.92 Å². The van der Waals surface area contributed by atoms with E-state index < -0.39 is 5.63 Å². The molecule has 0 aliphatic heterocycles. The van der Waals surface area contributed by atoms with E-state index in [0.717, 1.165) is 0 Å². The molecule has 0 atom stereocenters. The van der Waals surface area contributed by atoms with E-state index in [1.807, 2.05) is 13.8 Å². The van der Waals surface area contributed by atoms with Crippen molar-refractivity contribution in [3.8, 4) is 5.75 Å².